The first-order valence-electron chi connectivity index (χ1n) is 9.67. The number of para-hydroxylation sites is 1. The third-order valence-corrected chi connectivity index (χ3v) is 6.24. The lowest BCUT2D eigenvalue weighted by Gasteiger charge is -2.22. The smallest absolute Gasteiger partial charge is 0.325 e. The molecule has 0 amide bonds. The molecule has 8 heteroatoms. The highest BCUT2D eigenvalue weighted by atomic mass is 35.5. The average Bonchev–Trinajstić information content (AvgIpc) is 2.78. The first-order valence-corrected chi connectivity index (χ1v) is 11.0. The lowest BCUT2D eigenvalue weighted by molar-refractivity contribution is -0.759. The zero-order valence-corrected chi connectivity index (χ0v) is 17.8. The molecule has 31 heavy (non-hydrogen) atoms. The molecule has 1 atom stereocenters. The van der Waals surface area contributed by atoms with Gasteiger partial charge in [0.15, 0.2) is 0 Å². The maximum absolute atomic E-state index is 13.1. The molecule has 0 aliphatic carbocycles. The second-order valence-corrected chi connectivity index (χ2v) is 8.56. The summed E-state index contributed by atoms with van der Waals surface area (Å²) in [5, 5.41) is 19.4. The van der Waals surface area contributed by atoms with Gasteiger partial charge in [-0.15, -0.1) is 0 Å². The topological polar surface area (TPSA) is 81.9 Å². The van der Waals surface area contributed by atoms with Crippen LogP contribution in [-0.4, -0.2) is 15.2 Å². The van der Waals surface area contributed by atoms with Gasteiger partial charge in [0.25, 0.3) is 6.17 Å². The number of phenolic OH excluding ortho intramolecular Hbond substituents is 1. The van der Waals surface area contributed by atoms with Crippen LogP contribution in [0.2, 0.25) is 5.02 Å². The molecule has 4 aromatic rings. The summed E-state index contributed by atoms with van der Waals surface area (Å²) in [6, 6.07) is 22.2. The first-order chi connectivity index (χ1) is 15.1. The Bertz CT molecular complexity index is 1320. The fraction of sp³-hybridized carbons (Fsp3) is 0.0870. The molecule has 0 saturated heterocycles. The summed E-state index contributed by atoms with van der Waals surface area (Å²) in [7, 11) is 0. The van der Waals surface area contributed by atoms with Crippen LogP contribution in [-0.2, 0) is 5.75 Å². The molecule has 1 aliphatic heterocycles. The molecule has 0 saturated carbocycles. The molecule has 0 fully saturated rings. The van der Waals surface area contributed by atoms with Crippen LogP contribution in [0.5, 0.6) is 5.75 Å². The summed E-state index contributed by atoms with van der Waals surface area (Å²) in [6.07, 6.45) is -0.436. The van der Waals surface area contributed by atoms with E-state index in [0.29, 0.717) is 21.6 Å². The van der Waals surface area contributed by atoms with Gasteiger partial charge in [-0.05, 0) is 52.7 Å². The second kappa shape index (κ2) is 8.09. The maximum Gasteiger partial charge on any atom is 0.325 e. The van der Waals surface area contributed by atoms with E-state index in [1.165, 1.54) is 11.8 Å². The minimum Gasteiger partial charge on any atom is -0.508 e. The minimum absolute atomic E-state index is 0.155. The van der Waals surface area contributed by atoms with E-state index in [9.17, 15) is 9.90 Å². The predicted octanol–water partition coefficient (Wildman–Crippen LogP) is 4.35. The van der Waals surface area contributed by atoms with Crippen LogP contribution in [0.3, 0.4) is 0 Å². The summed E-state index contributed by atoms with van der Waals surface area (Å²) in [4.78, 5) is 16.0. The molecular weight excluding hydrogens is 432 g/mol. The normalized spacial score (nSPS) is 14.4. The Hall–Kier alpha value is -3.29. The van der Waals surface area contributed by atoms with E-state index in [1.807, 2.05) is 54.6 Å². The molecule has 0 bridgehead atoms. The molecule has 0 spiro atoms. The number of fused-ring (bicyclic) bond motifs is 3. The van der Waals surface area contributed by atoms with Crippen LogP contribution in [0, 0.1) is 0 Å². The second-order valence-electron chi connectivity index (χ2n) is 7.16. The van der Waals surface area contributed by atoms with Gasteiger partial charge in [0.1, 0.15) is 5.75 Å². The monoisotopic (exact) mass is 449 g/mol. The number of anilines is 1. The van der Waals surface area contributed by atoms with Crippen LogP contribution >= 0.6 is 23.4 Å². The molecule has 1 aromatic heterocycles. The number of H-pyrrole nitrogens is 1. The number of aromatic nitrogens is 3. The van der Waals surface area contributed by atoms with Crippen molar-refractivity contribution in [2.24, 2.45) is 0 Å². The lowest BCUT2D eigenvalue weighted by atomic mass is 10.0. The van der Waals surface area contributed by atoms with Crippen molar-refractivity contribution in [1.82, 2.24) is 10.1 Å². The Morgan fingerprint density at radius 3 is 2.68 bits per heavy atom. The Labute approximate surface area is 187 Å². The van der Waals surface area contributed by atoms with Gasteiger partial charge in [-0.2, -0.15) is 0 Å². The fourth-order valence-electron chi connectivity index (χ4n) is 3.61. The van der Waals surface area contributed by atoms with Crippen molar-refractivity contribution in [2.45, 2.75) is 17.1 Å². The number of hydrogen-bond donors (Lipinski definition) is 3. The molecular formula is C23H18ClN4O2S+. The Balaban J connectivity index is 1.58. The van der Waals surface area contributed by atoms with Gasteiger partial charge in [0.2, 0.25) is 5.16 Å². The summed E-state index contributed by atoms with van der Waals surface area (Å²) in [5.41, 5.74) is 3.75. The fourth-order valence-corrected chi connectivity index (χ4v) is 4.54. The summed E-state index contributed by atoms with van der Waals surface area (Å²) < 4.78 is 1.69. The Morgan fingerprint density at radius 2 is 1.87 bits per heavy atom. The number of benzene rings is 3. The van der Waals surface area contributed by atoms with Gasteiger partial charge < -0.3 is 10.4 Å². The Kier molecular flexibility index (Phi) is 5.13. The average molecular weight is 450 g/mol. The first kappa shape index (κ1) is 19.7. The van der Waals surface area contributed by atoms with E-state index in [-0.39, 0.29) is 11.3 Å². The lowest BCUT2D eigenvalue weighted by Crippen LogP contribution is -2.55. The van der Waals surface area contributed by atoms with Crippen LogP contribution in [0.1, 0.15) is 17.3 Å². The number of aromatic hydroxyl groups is 1. The van der Waals surface area contributed by atoms with Gasteiger partial charge in [-0.1, -0.05) is 53.7 Å². The van der Waals surface area contributed by atoms with Gasteiger partial charge in [-0.25, -0.2) is 0 Å². The number of hydrogen-bond acceptors (Lipinski definition) is 5. The molecule has 0 radical (unpaired) electrons. The molecule has 6 nitrogen and oxygen atoms in total. The molecule has 5 rings (SSSR count). The summed E-state index contributed by atoms with van der Waals surface area (Å²) >= 11 is 7.40. The molecule has 0 unspecified atom stereocenters. The van der Waals surface area contributed by atoms with Gasteiger partial charge >= 0.3 is 11.3 Å². The molecule has 154 valence electrons. The molecule has 1 aliphatic rings. The molecule has 3 N–H and O–H groups in total. The van der Waals surface area contributed by atoms with Crippen molar-refractivity contribution in [1.29, 1.82) is 0 Å². The number of rotatable bonds is 4. The van der Waals surface area contributed by atoms with E-state index in [4.69, 9.17) is 16.7 Å². The third-order valence-electron chi connectivity index (χ3n) is 5.06. The summed E-state index contributed by atoms with van der Waals surface area (Å²) in [6.45, 7) is 0. The largest absolute Gasteiger partial charge is 0.508 e. The molecule has 3 aromatic carbocycles. The van der Waals surface area contributed by atoms with Gasteiger partial charge in [0, 0.05) is 21.4 Å². The zero-order chi connectivity index (χ0) is 21.4. The highest BCUT2D eigenvalue weighted by Gasteiger charge is 2.37. The van der Waals surface area contributed by atoms with Crippen LogP contribution in [0.15, 0.2) is 82.7 Å². The number of phenols is 1. The number of thioether (sulfide) groups is 1. The van der Waals surface area contributed by atoms with Gasteiger partial charge in [-0.3, -0.25) is 9.78 Å². The van der Waals surface area contributed by atoms with Crippen molar-refractivity contribution in [2.75, 3.05) is 5.32 Å². The van der Waals surface area contributed by atoms with Crippen LogP contribution in [0.25, 0.3) is 11.3 Å². The van der Waals surface area contributed by atoms with E-state index >= 15 is 0 Å². The van der Waals surface area contributed by atoms with E-state index in [2.05, 4.69) is 10.3 Å². The minimum atomic E-state index is -0.436. The highest BCUT2D eigenvalue weighted by molar-refractivity contribution is 7.98. The number of aromatic amines is 1. The van der Waals surface area contributed by atoms with Crippen molar-refractivity contribution in [3.8, 4) is 17.0 Å². The van der Waals surface area contributed by atoms with Crippen molar-refractivity contribution < 1.29 is 9.79 Å². The summed E-state index contributed by atoms with van der Waals surface area (Å²) in [5.74, 6) is 0.794. The zero-order valence-electron chi connectivity index (χ0n) is 16.2. The van der Waals surface area contributed by atoms with Crippen LogP contribution < -0.4 is 15.6 Å². The van der Waals surface area contributed by atoms with E-state index in [1.54, 1.807) is 22.9 Å². The van der Waals surface area contributed by atoms with Gasteiger partial charge in [0.05, 0.1) is 11.3 Å². The van der Waals surface area contributed by atoms with Crippen LogP contribution in [0.4, 0.5) is 5.69 Å². The maximum atomic E-state index is 13.1. The highest BCUT2D eigenvalue weighted by Crippen LogP contribution is 2.32. The van der Waals surface area contributed by atoms with E-state index in [0.717, 1.165) is 22.4 Å². The van der Waals surface area contributed by atoms with Crippen molar-refractivity contribution in [3.63, 3.8) is 0 Å². The number of nitrogens with one attached hydrogen (secondary N) is 2. The number of halogens is 1. The quantitative estimate of drug-likeness (QED) is 0.319. The predicted molar refractivity (Wildman–Crippen MR) is 121 cm³/mol. The standard InChI is InChI=1S/C23H17ClN4O2S/c24-16-10-8-14(9-11-16)13-31-23-26-22(30)20-18-6-1-2-7-19(18)25-21(28(20)27-23)15-4-3-5-17(29)12-15/h1-12,21H,13H2,(H2,26,27,29,30)/p+1/t21-/m0/s1. The number of nitrogens with zero attached hydrogens (tertiary/aromatic N) is 2. The van der Waals surface area contributed by atoms with E-state index < -0.39 is 6.17 Å². The Morgan fingerprint density at radius 1 is 1.06 bits per heavy atom. The molecule has 2 heterocycles. The van der Waals surface area contributed by atoms with Crippen molar-refractivity contribution in [3.05, 3.63) is 99.3 Å². The SMILES string of the molecule is O=c1[nH]c(SCc2ccc(Cl)cc2)n[n+]2c1-c1ccccc1N[C@@H]2c1cccc(O)c1. The van der Waals surface area contributed by atoms with Crippen molar-refractivity contribution >= 4 is 29.1 Å². The third kappa shape index (κ3) is 3.89.